The van der Waals surface area contributed by atoms with Crippen molar-refractivity contribution in [1.82, 2.24) is 0 Å². The van der Waals surface area contributed by atoms with Crippen molar-refractivity contribution in [3.8, 4) is 0 Å². The zero-order valence-electron chi connectivity index (χ0n) is 91.1. The second kappa shape index (κ2) is 82.9. The van der Waals surface area contributed by atoms with Crippen molar-refractivity contribution in [3.63, 3.8) is 0 Å². The van der Waals surface area contributed by atoms with E-state index in [9.17, 15) is 0 Å². The van der Waals surface area contributed by atoms with E-state index in [4.69, 9.17) is 0 Å². The molecule has 0 aliphatic heterocycles. The summed E-state index contributed by atoms with van der Waals surface area (Å²) < 4.78 is 0. The number of rotatable bonds is 0. The minimum atomic E-state index is 0. The van der Waals surface area contributed by atoms with E-state index in [1.54, 1.807) is 0 Å². The molecule has 6 heteroatoms. The molecule has 0 bridgehead atoms. The molecule has 0 fully saturated rings. The van der Waals surface area contributed by atoms with E-state index < -0.39 is 0 Å². The van der Waals surface area contributed by atoms with Crippen LogP contribution in [0.4, 0.5) is 0 Å². The maximum absolute atomic E-state index is 2.21. The summed E-state index contributed by atoms with van der Waals surface area (Å²) in [4.78, 5) is 0. The standard InChI is InChI=1S/3C16H10.3C14H10.6C6H6.6C2H6.6CH3.6V/c3*1-3-11-7-9-13-5-2-6-14-10-8-12(4-1)15(11)16(13)14;3*1-3-7-13-11(5-1)9-10-12-6-2-4-8-14(12)13;6*1-2-4-6-5-3-1;6*1-2;;;;;;;;;;;;/h3*1-10H;3*1-10H;6*1-6H;6*1-2H3;6*1H3;;;;;;/q;;;;;;;;;;;;;;;;;;6*-1;;;;;;. The molecule has 762 valence electrons. The Kier molecular flexibility index (Phi) is 78.1. The molecule has 0 unspecified atom stereocenters. The molecule has 0 saturated heterocycles. The van der Waals surface area contributed by atoms with Crippen LogP contribution in [0, 0.1) is 44.6 Å². The molecule has 27 aromatic rings. The Morgan fingerprint density at radius 3 is 0.227 bits per heavy atom. The number of hydrogen-bond donors (Lipinski definition) is 0. The zero-order valence-corrected chi connectivity index (χ0v) is 99.5. The SMILES string of the molecule is CC.CC.CC.CC.CC.CC.[CH3-].[CH3-].[CH3-].[CH3-].[CH3-].[CH3-].[V].[V].[V].[V].[V].[V].c1cc2ccc3cccc4ccc(c1)c2c34.c1cc2ccc3cccc4ccc(c1)c2c34.c1cc2ccc3cccc4ccc(c1)c2c34.c1ccc2c(c1)ccc1ccccc12.c1ccc2c(c1)ccc1ccccc12.c1ccc2c(c1)ccc1ccccc12.c1ccccc1.c1ccccc1.c1ccccc1.c1ccccc1.c1ccccc1.c1ccccc1. The number of hydrogen-bond acceptors (Lipinski definition) is 0. The van der Waals surface area contributed by atoms with Gasteiger partial charge in [0.1, 0.15) is 0 Å². The van der Waals surface area contributed by atoms with Crippen molar-refractivity contribution in [2.24, 2.45) is 0 Å². The van der Waals surface area contributed by atoms with Crippen LogP contribution >= 0.6 is 0 Å². The smallest absolute Gasteiger partial charge is 0 e. The number of benzene rings is 27. The predicted molar refractivity (Wildman–Crippen MR) is 660 cm³/mol. The summed E-state index contributed by atoms with van der Waals surface area (Å²) in [6, 6.07) is 202. The van der Waals surface area contributed by atoms with Gasteiger partial charge in [0, 0.05) is 111 Å². The van der Waals surface area contributed by atoms with Gasteiger partial charge in [-0.2, -0.15) is 0 Å². The van der Waals surface area contributed by atoms with E-state index >= 15 is 0 Å². The van der Waals surface area contributed by atoms with E-state index in [0.717, 1.165) is 0 Å². The maximum atomic E-state index is 2.21. The molecule has 0 aliphatic carbocycles. The average Bonchev–Trinajstić information content (AvgIpc) is 0.754. The van der Waals surface area contributed by atoms with Crippen molar-refractivity contribution in [1.29, 1.82) is 0 Å². The van der Waals surface area contributed by atoms with Gasteiger partial charge in [0.2, 0.25) is 0 Å². The van der Waals surface area contributed by atoms with Crippen LogP contribution in [-0.4, -0.2) is 0 Å². The van der Waals surface area contributed by atoms with E-state index in [1.165, 1.54) is 162 Å². The van der Waals surface area contributed by atoms with Crippen LogP contribution in [0.5, 0.6) is 0 Å². The Bertz CT molecular complexity index is 6350. The molecule has 6 radical (unpaired) electrons. The summed E-state index contributed by atoms with van der Waals surface area (Å²) in [5.41, 5.74) is 0. The van der Waals surface area contributed by atoms with Gasteiger partial charge >= 0.3 is 0 Å². The van der Waals surface area contributed by atoms with Gasteiger partial charge in [-0.3, -0.25) is 0 Å². The summed E-state index contributed by atoms with van der Waals surface area (Å²) in [7, 11) is 0. The zero-order chi connectivity index (χ0) is 97.2. The molecule has 27 rings (SSSR count). The van der Waals surface area contributed by atoms with Gasteiger partial charge < -0.3 is 44.6 Å². The van der Waals surface area contributed by atoms with E-state index in [-0.39, 0.29) is 156 Å². The van der Waals surface area contributed by atoms with E-state index in [1.807, 2.05) is 301 Å². The second-order valence-corrected chi connectivity index (χ2v) is 30.3. The fourth-order valence-electron chi connectivity index (χ4n) is 16.2. The molecule has 0 amide bonds. The first-order valence-electron chi connectivity index (χ1n) is 49.1. The molecule has 150 heavy (non-hydrogen) atoms. The third-order valence-corrected chi connectivity index (χ3v) is 22.1. The van der Waals surface area contributed by atoms with Gasteiger partial charge in [-0.1, -0.05) is 665 Å². The summed E-state index contributed by atoms with van der Waals surface area (Å²) in [6.07, 6.45) is 0. The van der Waals surface area contributed by atoms with Gasteiger partial charge in [-0.15, -0.1) is 0 Å². The van der Waals surface area contributed by atoms with Crippen LogP contribution in [0.25, 0.3) is 162 Å². The third-order valence-electron chi connectivity index (χ3n) is 22.1. The largest absolute Gasteiger partial charge is 0.358 e. The molecule has 27 aromatic carbocycles. The number of fused-ring (bicyclic) bond motifs is 9. The normalized spacial score (nSPS) is 8.96. The average molecular weight is 2190 g/mol. The Balaban J connectivity index is -0.00000157. The Labute approximate surface area is 973 Å². The Morgan fingerprint density at radius 1 is 0.0733 bits per heavy atom. The fourth-order valence-corrected chi connectivity index (χ4v) is 16.2. The molecule has 0 aromatic heterocycles. The summed E-state index contributed by atoms with van der Waals surface area (Å²) in [5.74, 6) is 0. The molecule has 0 N–H and O–H groups in total. The van der Waals surface area contributed by atoms with Crippen LogP contribution in [0.15, 0.2) is 582 Å². The van der Waals surface area contributed by atoms with Crippen molar-refractivity contribution in [3.05, 3.63) is 627 Å². The third kappa shape index (κ3) is 41.5. The molecular weight excluding hydrogens is 2040 g/mol. The summed E-state index contributed by atoms with van der Waals surface area (Å²) >= 11 is 0. The first kappa shape index (κ1) is 141. The van der Waals surface area contributed by atoms with Gasteiger partial charge in [0.15, 0.2) is 0 Å². The van der Waals surface area contributed by atoms with Crippen molar-refractivity contribution in [2.75, 3.05) is 0 Å². The molecule has 0 spiro atoms. The predicted octanol–water partition coefficient (Wildman–Crippen LogP) is 44.7. The summed E-state index contributed by atoms with van der Waals surface area (Å²) in [5, 5.41) is 40.3. The van der Waals surface area contributed by atoms with Gasteiger partial charge in [0.05, 0.1) is 0 Å². The molecule has 0 heterocycles. The Hall–Kier alpha value is -12.9. The van der Waals surface area contributed by atoms with E-state index in [2.05, 4.69) is 364 Å². The molecule has 0 nitrogen and oxygen atoms in total. The molecule has 0 saturated carbocycles. The van der Waals surface area contributed by atoms with E-state index in [0.29, 0.717) is 0 Å². The van der Waals surface area contributed by atoms with Gasteiger partial charge in [-0.25, -0.2) is 0 Å². The van der Waals surface area contributed by atoms with Crippen LogP contribution in [0.2, 0.25) is 0 Å². The maximum Gasteiger partial charge on any atom is 0 e. The van der Waals surface area contributed by atoms with Crippen LogP contribution in [-0.2, 0) is 111 Å². The first-order valence-corrected chi connectivity index (χ1v) is 49.1. The minimum absolute atomic E-state index is 0. The van der Waals surface area contributed by atoms with Crippen molar-refractivity contribution < 1.29 is 111 Å². The van der Waals surface area contributed by atoms with Crippen LogP contribution in [0.1, 0.15) is 83.1 Å². The monoisotopic (exact) mass is 2180 g/mol. The second-order valence-electron chi connectivity index (χ2n) is 30.3. The first-order chi connectivity index (χ1) is 68.6. The van der Waals surface area contributed by atoms with Crippen LogP contribution in [0.3, 0.4) is 0 Å². The Morgan fingerprint density at radius 2 is 0.140 bits per heavy atom. The molecular formula is C144H150V6-6. The topological polar surface area (TPSA) is 0 Å². The summed E-state index contributed by atoms with van der Waals surface area (Å²) in [6.45, 7) is 24.0. The molecule has 0 aliphatic rings. The quantitative estimate of drug-likeness (QED) is 0.105. The fraction of sp³-hybridized carbons (Fsp3) is 0.0833. The van der Waals surface area contributed by atoms with Gasteiger partial charge in [0.25, 0.3) is 0 Å². The molecule has 0 atom stereocenters. The van der Waals surface area contributed by atoms with Crippen molar-refractivity contribution >= 4 is 162 Å². The van der Waals surface area contributed by atoms with Crippen molar-refractivity contribution in [2.45, 2.75) is 83.1 Å². The van der Waals surface area contributed by atoms with Crippen LogP contribution < -0.4 is 0 Å². The van der Waals surface area contributed by atoms with Gasteiger partial charge in [-0.05, 0) is 162 Å². The minimum Gasteiger partial charge on any atom is -0.358 e.